The molecule has 0 bridgehead atoms. The second-order valence-corrected chi connectivity index (χ2v) is 10.6. The van der Waals surface area contributed by atoms with Crippen molar-refractivity contribution in [3.63, 3.8) is 0 Å². The van der Waals surface area contributed by atoms with Crippen LogP contribution in [0.4, 0.5) is 0 Å². The van der Waals surface area contributed by atoms with Gasteiger partial charge in [-0.3, -0.25) is 9.59 Å². The normalized spacial score (nSPS) is 14.8. The van der Waals surface area contributed by atoms with E-state index < -0.39 is 6.04 Å². The number of hydrogen-bond acceptors (Lipinski definition) is 4. The van der Waals surface area contributed by atoms with Crippen molar-refractivity contribution in [1.29, 1.82) is 0 Å². The fraction of sp³-hybridized carbons (Fsp3) is 0.500. The minimum absolute atomic E-state index is 0.0300. The summed E-state index contributed by atoms with van der Waals surface area (Å²) in [7, 11) is 3.23. The van der Waals surface area contributed by atoms with Crippen LogP contribution in [0.15, 0.2) is 42.6 Å². The second kappa shape index (κ2) is 13.0. The highest BCUT2D eigenvalue weighted by atomic mass is 16.5. The topological polar surface area (TPSA) is 71.6 Å². The van der Waals surface area contributed by atoms with Gasteiger partial charge in [-0.15, -0.1) is 0 Å². The summed E-state index contributed by atoms with van der Waals surface area (Å²) in [5, 5.41) is 1.04. The SMILES string of the molecule is CCCCN(C(=O)Cc1c[nH]c2ccccc12)C(C(=O)CC1CCCCC1)c1cc(C)c(OC)c(OC)c1. The second-order valence-electron chi connectivity index (χ2n) is 10.6. The average molecular weight is 519 g/mol. The van der Waals surface area contributed by atoms with Crippen molar-refractivity contribution in [2.24, 2.45) is 5.92 Å². The van der Waals surface area contributed by atoms with Gasteiger partial charge in [0.25, 0.3) is 0 Å². The van der Waals surface area contributed by atoms with Crippen molar-refractivity contribution < 1.29 is 19.1 Å². The molecule has 1 aliphatic rings. The fourth-order valence-corrected chi connectivity index (χ4v) is 5.94. The molecule has 1 unspecified atom stereocenters. The van der Waals surface area contributed by atoms with Gasteiger partial charge in [-0.25, -0.2) is 0 Å². The zero-order valence-corrected chi connectivity index (χ0v) is 23.3. The maximum Gasteiger partial charge on any atom is 0.227 e. The minimum atomic E-state index is -0.653. The van der Waals surface area contributed by atoms with Gasteiger partial charge in [-0.2, -0.15) is 0 Å². The van der Waals surface area contributed by atoms with Crippen LogP contribution in [0.1, 0.15) is 81.0 Å². The molecule has 1 aromatic heterocycles. The molecule has 1 amide bonds. The molecule has 1 aliphatic carbocycles. The van der Waals surface area contributed by atoms with E-state index in [9.17, 15) is 9.59 Å². The number of H-pyrrole nitrogens is 1. The standard InChI is InChI=1S/C32H42N2O4/c1-5-6-16-34(30(36)20-25-21-33-27-15-11-10-14-26(25)27)31(28(35)18-23-12-8-7-9-13-23)24-17-22(2)32(38-4)29(19-24)37-3/h10-11,14-15,17,19,21,23,31,33H,5-9,12-13,16,18,20H2,1-4H3. The van der Waals surface area contributed by atoms with E-state index in [0.717, 1.165) is 53.3 Å². The number of amides is 1. The molecular weight excluding hydrogens is 476 g/mol. The molecule has 0 spiro atoms. The number of carbonyl (C=O) groups is 2. The molecule has 204 valence electrons. The average Bonchev–Trinajstić information content (AvgIpc) is 3.33. The van der Waals surface area contributed by atoms with Gasteiger partial charge in [0.05, 0.1) is 20.6 Å². The Bertz CT molecular complexity index is 1240. The van der Waals surface area contributed by atoms with Gasteiger partial charge in [0, 0.05) is 30.1 Å². The number of para-hydroxylation sites is 1. The van der Waals surface area contributed by atoms with Gasteiger partial charge in [0.2, 0.25) is 5.91 Å². The minimum Gasteiger partial charge on any atom is -0.493 e. The third kappa shape index (κ3) is 6.23. The van der Waals surface area contributed by atoms with Crippen LogP contribution in [0.25, 0.3) is 10.9 Å². The van der Waals surface area contributed by atoms with Gasteiger partial charge in [0.15, 0.2) is 17.3 Å². The van der Waals surface area contributed by atoms with E-state index >= 15 is 0 Å². The lowest BCUT2D eigenvalue weighted by atomic mass is 9.83. The summed E-state index contributed by atoms with van der Waals surface area (Å²) < 4.78 is 11.2. The van der Waals surface area contributed by atoms with Crippen LogP contribution >= 0.6 is 0 Å². The smallest absolute Gasteiger partial charge is 0.227 e. The Morgan fingerprint density at radius 3 is 2.55 bits per heavy atom. The number of carbonyl (C=O) groups excluding carboxylic acids is 2. The van der Waals surface area contributed by atoms with Crippen molar-refractivity contribution in [2.75, 3.05) is 20.8 Å². The zero-order valence-electron chi connectivity index (χ0n) is 23.3. The lowest BCUT2D eigenvalue weighted by molar-refractivity contribution is -0.140. The molecule has 1 atom stereocenters. The summed E-state index contributed by atoms with van der Waals surface area (Å²) in [6, 6.07) is 11.2. The number of nitrogens with zero attached hydrogens (tertiary/aromatic N) is 1. The van der Waals surface area contributed by atoms with Crippen molar-refractivity contribution in [1.82, 2.24) is 9.88 Å². The highest BCUT2D eigenvalue weighted by molar-refractivity contribution is 5.93. The van der Waals surface area contributed by atoms with E-state index in [0.29, 0.717) is 30.4 Å². The molecule has 1 fully saturated rings. The number of fused-ring (bicyclic) bond motifs is 1. The molecule has 1 heterocycles. The Labute approximate surface area is 226 Å². The van der Waals surface area contributed by atoms with E-state index in [2.05, 4.69) is 11.9 Å². The quantitative estimate of drug-likeness (QED) is 0.282. The molecule has 4 rings (SSSR count). The molecule has 0 radical (unpaired) electrons. The molecule has 2 aromatic carbocycles. The number of benzene rings is 2. The van der Waals surface area contributed by atoms with Crippen LogP contribution in [0, 0.1) is 12.8 Å². The first-order valence-corrected chi connectivity index (χ1v) is 14.1. The maximum atomic E-state index is 14.1. The number of ketones is 1. The largest absolute Gasteiger partial charge is 0.493 e. The summed E-state index contributed by atoms with van der Waals surface area (Å²) in [4.78, 5) is 33.3. The first-order chi connectivity index (χ1) is 18.5. The molecule has 0 aliphatic heterocycles. The molecule has 6 heteroatoms. The number of unbranched alkanes of at least 4 members (excludes halogenated alkanes) is 1. The number of rotatable bonds is 12. The van der Waals surface area contributed by atoms with Gasteiger partial charge in [-0.05, 0) is 54.2 Å². The van der Waals surface area contributed by atoms with Gasteiger partial charge >= 0.3 is 0 Å². The number of methoxy groups -OCH3 is 2. The highest BCUT2D eigenvalue weighted by Crippen LogP contribution is 2.38. The predicted molar refractivity (Wildman–Crippen MR) is 152 cm³/mol. The summed E-state index contributed by atoms with van der Waals surface area (Å²) >= 11 is 0. The number of aromatic nitrogens is 1. The summed E-state index contributed by atoms with van der Waals surface area (Å²) in [5.41, 5.74) is 3.64. The highest BCUT2D eigenvalue weighted by Gasteiger charge is 2.34. The Morgan fingerprint density at radius 1 is 1.08 bits per heavy atom. The summed E-state index contributed by atoms with van der Waals surface area (Å²) in [6.07, 6.45) is 10.2. The van der Waals surface area contributed by atoms with Gasteiger partial charge in [0.1, 0.15) is 6.04 Å². The summed E-state index contributed by atoms with van der Waals surface area (Å²) in [6.45, 7) is 4.60. The van der Waals surface area contributed by atoms with Crippen molar-refractivity contribution in [2.45, 2.75) is 77.7 Å². The number of aromatic amines is 1. The number of ether oxygens (including phenoxy) is 2. The number of nitrogens with one attached hydrogen (secondary N) is 1. The van der Waals surface area contributed by atoms with Gasteiger partial charge < -0.3 is 19.4 Å². The van der Waals surface area contributed by atoms with E-state index in [1.165, 1.54) is 19.3 Å². The first-order valence-electron chi connectivity index (χ1n) is 14.1. The van der Waals surface area contributed by atoms with Crippen LogP contribution in [0.2, 0.25) is 0 Å². The maximum absolute atomic E-state index is 14.1. The third-order valence-electron chi connectivity index (χ3n) is 7.92. The Morgan fingerprint density at radius 2 is 1.84 bits per heavy atom. The molecule has 38 heavy (non-hydrogen) atoms. The van der Waals surface area contributed by atoms with Crippen molar-refractivity contribution >= 4 is 22.6 Å². The lowest BCUT2D eigenvalue weighted by Crippen LogP contribution is -2.41. The molecule has 3 aromatic rings. The van der Waals surface area contributed by atoms with Gasteiger partial charge in [-0.1, -0.05) is 63.6 Å². The van der Waals surface area contributed by atoms with Crippen LogP contribution < -0.4 is 9.47 Å². The zero-order chi connectivity index (χ0) is 27.1. The molecule has 1 N–H and O–H groups in total. The monoisotopic (exact) mass is 518 g/mol. The van der Waals surface area contributed by atoms with E-state index in [-0.39, 0.29) is 18.1 Å². The first kappa shape index (κ1) is 27.7. The van der Waals surface area contributed by atoms with Crippen LogP contribution in [0.5, 0.6) is 11.5 Å². The number of Topliss-reactive ketones (excluding diaryl/α,β-unsaturated/α-hetero) is 1. The van der Waals surface area contributed by atoms with E-state index in [1.807, 2.05) is 54.4 Å². The lowest BCUT2D eigenvalue weighted by Gasteiger charge is -2.33. The summed E-state index contributed by atoms with van der Waals surface area (Å²) in [5.74, 6) is 1.71. The fourth-order valence-electron chi connectivity index (χ4n) is 5.94. The molecule has 1 saturated carbocycles. The predicted octanol–water partition coefficient (Wildman–Crippen LogP) is 6.95. The molecular formula is C32H42N2O4. The van der Waals surface area contributed by atoms with Crippen LogP contribution in [-0.4, -0.2) is 42.3 Å². The Balaban J connectivity index is 1.73. The Hall–Kier alpha value is -3.28. The Kier molecular flexibility index (Phi) is 9.48. The number of hydrogen-bond donors (Lipinski definition) is 1. The third-order valence-corrected chi connectivity index (χ3v) is 7.92. The van der Waals surface area contributed by atoms with Crippen LogP contribution in [-0.2, 0) is 16.0 Å². The van der Waals surface area contributed by atoms with E-state index in [4.69, 9.17) is 9.47 Å². The molecule has 0 saturated heterocycles. The number of aryl methyl sites for hydroxylation is 1. The van der Waals surface area contributed by atoms with Crippen molar-refractivity contribution in [3.8, 4) is 11.5 Å². The van der Waals surface area contributed by atoms with Crippen LogP contribution in [0.3, 0.4) is 0 Å². The molecule has 6 nitrogen and oxygen atoms in total. The van der Waals surface area contributed by atoms with E-state index in [1.54, 1.807) is 14.2 Å². The van der Waals surface area contributed by atoms with Crippen molar-refractivity contribution in [3.05, 3.63) is 59.3 Å².